The Balaban J connectivity index is 2.43. The highest BCUT2D eigenvalue weighted by Gasteiger charge is 2.37. The first kappa shape index (κ1) is 13.5. The lowest BCUT2D eigenvalue weighted by atomic mass is 10.1. The molecular formula is C14H18N2O3. The Morgan fingerprint density at radius 3 is 2.63 bits per heavy atom. The highest BCUT2D eigenvalue weighted by atomic mass is 16.5. The molecule has 19 heavy (non-hydrogen) atoms. The first-order valence-corrected chi connectivity index (χ1v) is 6.26. The number of nitrogens with zero attached hydrogens (tertiary/aromatic N) is 1. The number of methoxy groups -OCH3 is 1. The van der Waals surface area contributed by atoms with Gasteiger partial charge >= 0.3 is 0 Å². The van der Waals surface area contributed by atoms with E-state index in [-0.39, 0.29) is 11.8 Å². The lowest BCUT2D eigenvalue weighted by Gasteiger charge is -2.37. The van der Waals surface area contributed by atoms with Crippen LogP contribution < -0.4 is 10.2 Å². The van der Waals surface area contributed by atoms with E-state index in [9.17, 15) is 9.59 Å². The van der Waals surface area contributed by atoms with Gasteiger partial charge in [-0.15, -0.1) is 0 Å². The highest BCUT2D eigenvalue weighted by Crippen LogP contribution is 2.26. The summed E-state index contributed by atoms with van der Waals surface area (Å²) in [6, 6.07) is 6.47. The van der Waals surface area contributed by atoms with Crippen LogP contribution in [0.25, 0.3) is 0 Å². The number of benzene rings is 1. The number of rotatable bonds is 3. The molecule has 102 valence electrons. The molecule has 2 atom stereocenters. The van der Waals surface area contributed by atoms with Gasteiger partial charge < -0.3 is 10.1 Å². The second kappa shape index (κ2) is 5.40. The van der Waals surface area contributed by atoms with E-state index in [0.717, 1.165) is 11.3 Å². The summed E-state index contributed by atoms with van der Waals surface area (Å²) in [5.41, 5.74) is 1.63. The van der Waals surface area contributed by atoms with Gasteiger partial charge in [0.2, 0.25) is 11.8 Å². The molecule has 1 aromatic carbocycles. The van der Waals surface area contributed by atoms with Gasteiger partial charge in [0.1, 0.15) is 12.1 Å². The lowest BCUT2D eigenvalue weighted by Crippen LogP contribution is -2.61. The molecule has 0 bridgehead atoms. The zero-order valence-electron chi connectivity index (χ0n) is 11.3. The van der Waals surface area contributed by atoms with Crippen molar-refractivity contribution in [3.05, 3.63) is 29.8 Å². The fraction of sp³-hybridized carbons (Fsp3) is 0.429. The number of ether oxygens (including phenoxy) is 1. The molecule has 0 aliphatic carbocycles. The standard InChI is InChI=1S/C14H18N2O3/c1-9-14(18)16(10(2)13(17)15-9)12-7-5-4-6-11(12)8-19-3/h4-7,9-10H,8H2,1-3H3,(H,15,17). The maximum Gasteiger partial charge on any atom is 0.250 e. The summed E-state index contributed by atoms with van der Waals surface area (Å²) in [6.45, 7) is 3.82. The van der Waals surface area contributed by atoms with Crippen molar-refractivity contribution in [1.29, 1.82) is 0 Å². The molecule has 2 amide bonds. The van der Waals surface area contributed by atoms with Gasteiger partial charge in [-0.3, -0.25) is 14.5 Å². The van der Waals surface area contributed by atoms with Crippen LogP contribution in [0.4, 0.5) is 5.69 Å². The van der Waals surface area contributed by atoms with Crippen molar-refractivity contribution in [3.8, 4) is 0 Å². The molecule has 0 radical (unpaired) electrons. The highest BCUT2D eigenvalue weighted by molar-refractivity contribution is 6.08. The number of carbonyl (C=O) groups is 2. The minimum absolute atomic E-state index is 0.101. The fourth-order valence-electron chi connectivity index (χ4n) is 2.26. The minimum atomic E-state index is -0.512. The normalized spacial score (nSPS) is 23.4. The molecule has 2 unspecified atom stereocenters. The molecule has 0 saturated carbocycles. The first-order chi connectivity index (χ1) is 9.06. The van der Waals surface area contributed by atoms with E-state index in [1.807, 2.05) is 24.3 Å². The molecule has 0 aromatic heterocycles. The van der Waals surface area contributed by atoms with Crippen molar-refractivity contribution in [2.45, 2.75) is 32.5 Å². The molecule has 0 spiro atoms. The van der Waals surface area contributed by atoms with E-state index >= 15 is 0 Å². The first-order valence-electron chi connectivity index (χ1n) is 6.26. The van der Waals surface area contributed by atoms with Crippen LogP contribution in [-0.4, -0.2) is 31.0 Å². The minimum Gasteiger partial charge on any atom is -0.380 e. The molecule has 2 rings (SSSR count). The Hall–Kier alpha value is -1.88. The summed E-state index contributed by atoms with van der Waals surface area (Å²) in [6.07, 6.45) is 0. The maximum atomic E-state index is 12.3. The zero-order valence-corrected chi connectivity index (χ0v) is 11.3. The molecule has 1 aliphatic heterocycles. The number of amides is 2. The third-order valence-electron chi connectivity index (χ3n) is 3.28. The molecular weight excluding hydrogens is 244 g/mol. The molecule has 1 fully saturated rings. The van der Waals surface area contributed by atoms with Crippen LogP contribution in [0, 0.1) is 0 Å². The quantitative estimate of drug-likeness (QED) is 0.886. The third-order valence-corrected chi connectivity index (χ3v) is 3.28. The Morgan fingerprint density at radius 2 is 1.95 bits per heavy atom. The number of hydrogen-bond acceptors (Lipinski definition) is 3. The van der Waals surface area contributed by atoms with Crippen molar-refractivity contribution in [2.24, 2.45) is 0 Å². The summed E-state index contributed by atoms with van der Waals surface area (Å²) in [7, 11) is 1.60. The van der Waals surface area contributed by atoms with E-state index < -0.39 is 12.1 Å². The van der Waals surface area contributed by atoms with Crippen LogP contribution in [0.2, 0.25) is 0 Å². The van der Waals surface area contributed by atoms with Gasteiger partial charge in [-0.25, -0.2) is 0 Å². The van der Waals surface area contributed by atoms with Gasteiger partial charge in [0.15, 0.2) is 0 Å². The van der Waals surface area contributed by atoms with Gasteiger partial charge in [0, 0.05) is 12.7 Å². The fourth-order valence-corrected chi connectivity index (χ4v) is 2.26. The number of piperazine rings is 1. The van der Waals surface area contributed by atoms with Crippen LogP contribution in [0.3, 0.4) is 0 Å². The number of carbonyl (C=O) groups excluding carboxylic acids is 2. The zero-order chi connectivity index (χ0) is 14.0. The van der Waals surface area contributed by atoms with Gasteiger partial charge in [-0.1, -0.05) is 18.2 Å². The number of para-hydroxylation sites is 1. The van der Waals surface area contributed by atoms with Gasteiger partial charge in [-0.2, -0.15) is 0 Å². The number of anilines is 1. The molecule has 1 aromatic rings. The van der Waals surface area contributed by atoms with Crippen LogP contribution >= 0.6 is 0 Å². The Kier molecular flexibility index (Phi) is 3.85. The SMILES string of the molecule is COCc1ccccc1N1C(=O)C(C)NC(=O)C1C. The van der Waals surface area contributed by atoms with Crippen molar-refractivity contribution in [3.63, 3.8) is 0 Å². The molecule has 1 heterocycles. The third kappa shape index (κ3) is 2.46. The van der Waals surface area contributed by atoms with E-state index in [0.29, 0.717) is 6.61 Å². The van der Waals surface area contributed by atoms with Crippen LogP contribution in [0.5, 0.6) is 0 Å². The Bertz CT molecular complexity index is 501. The molecule has 1 N–H and O–H groups in total. The average molecular weight is 262 g/mol. The van der Waals surface area contributed by atoms with Crippen molar-refractivity contribution in [2.75, 3.05) is 12.0 Å². The number of nitrogens with one attached hydrogen (secondary N) is 1. The summed E-state index contributed by atoms with van der Waals surface area (Å²) in [4.78, 5) is 25.7. The number of hydrogen-bond donors (Lipinski definition) is 1. The largest absolute Gasteiger partial charge is 0.380 e. The Morgan fingerprint density at radius 1 is 1.26 bits per heavy atom. The van der Waals surface area contributed by atoms with E-state index in [2.05, 4.69) is 5.32 Å². The summed E-state index contributed by atoms with van der Waals surface area (Å²) in [5, 5.41) is 2.67. The van der Waals surface area contributed by atoms with Crippen LogP contribution in [-0.2, 0) is 20.9 Å². The summed E-state index contributed by atoms with van der Waals surface area (Å²) >= 11 is 0. The van der Waals surface area contributed by atoms with Gasteiger partial charge in [0.05, 0.1) is 12.3 Å². The molecule has 1 saturated heterocycles. The van der Waals surface area contributed by atoms with Gasteiger partial charge in [-0.05, 0) is 19.9 Å². The maximum absolute atomic E-state index is 12.3. The predicted octanol–water partition coefficient (Wildman–Crippen LogP) is 1.07. The average Bonchev–Trinajstić information content (AvgIpc) is 2.39. The molecule has 5 nitrogen and oxygen atoms in total. The molecule has 5 heteroatoms. The van der Waals surface area contributed by atoms with E-state index in [1.54, 1.807) is 25.9 Å². The molecule has 1 aliphatic rings. The van der Waals surface area contributed by atoms with Crippen LogP contribution in [0.15, 0.2) is 24.3 Å². The monoisotopic (exact) mass is 262 g/mol. The van der Waals surface area contributed by atoms with E-state index in [1.165, 1.54) is 0 Å². The van der Waals surface area contributed by atoms with E-state index in [4.69, 9.17) is 4.74 Å². The smallest absolute Gasteiger partial charge is 0.250 e. The van der Waals surface area contributed by atoms with Crippen molar-refractivity contribution in [1.82, 2.24) is 5.32 Å². The second-order valence-electron chi connectivity index (χ2n) is 4.68. The lowest BCUT2D eigenvalue weighted by molar-refractivity contribution is -0.133. The Labute approximate surface area is 112 Å². The van der Waals surface area contributed by atoms with Gasteiger partial charge in [0.25, 0.3) is 0 Å². The van der Waals surface area contributed by atoms with Crippen LogP contribution in [0.1, 0.15) is 19.4 Å². The van der Waals surface area contributed by atoms with Crippen molar-refractivity contribution < 1.29 is 14.3 Å². The predicted molar refractivity (Wildman–Crippen MR) is 71.7 cm³/mol. The second-order valence-corrected chi connectivity index (χ2v) is 4.68. The summed E-state index contributed by atoms with van der Waals surface area (Å²) < 4.78 is 5.15. The van der Waals surface area contributed by atoms with Crippen molar-refractivity contribution >= 4 is 17.5 Å². The summed E-state index contributed by atoms with van der Waals surface area (Å²) in [5.74, 6) is -0.241. The topological polar surface area (TPSA) is 58.6 Å².